The summed E-state index contributed by atoms with van der Waals surface area (Å²) in [6.45, 7) is 2.53. The van der Waals surface area contributed by atoms with Crippen molar-refractivity contribution in [2.45, 2.75) is 19.6 Å². The van der Waals surface area contributed by atoms with E-state index in [0.717, 1.165) is 11.4 Å². The van der Waals surface area contributed by atoms with Crippen LogP contribution in [0.2, 0.25) is 0 Å². The van der Waals surface area contributed by atoms with Crippen molar-refractivity contribution >= 4 is 17.5 Å². The molecule has 0 saturated carbocycles. The van der Waals surface area contributed by atoms with Crippen LogP contribution in [0, 0.1) is 12.7 Å². The molecule has 4 rings (SSSR count). The molecule has 1 aliphatic rings. The summed E-state index contributed by atoms with van der Waals surface area (Å²) in [5.41, 5.74) is 2.28. The average molecular weight is 371 g/mol. The highest BCUT2D eigenvalue weighted by Gasteiger charge is 2.33. The number of amides is 1. The Balaban J connectivity index is 1.51. The molecule has 10 heteroatoms. The molecule has 0 spiro atoms. The standard InChI is InChI=1S/C17H18FN7O2/c1-11-7-23(22-21-11)9-14-10-24(17(26)27-14)13-3-4-16(15(18)5-13)25-8-12(19-2)6-20-25/h3-8,14,19H,9-10H2,1-2H3/t14-/m0/s1. The highest BCUT2D eigenvalue weighted by atomic mass is 19.1. The van der Waals surface area contributed by atoms with Gasteiger partial charge in [0.15, 0.2) is 5.82 Å². The molecule has 2 aromatic heterocycles. The molecule has 1 saturated heterocycles. The fourth-order valence-corrected chi connectivity index (χ4v) is 2.95. The summed E-state index contributed by atoms with van der Waals surface area (Å²) >= 11 is 0. The summed E-state index contributed by atoms with van der Waals surface area (Å²) in [5, 5.41) is 14.9. The molecule has 1 N–H and O–H groups in total. The monoisotopic (exact) mass is 371 g/mol. The third-order valence-corrected chi connectivity index (χ3v) is 4.28. The van der Waals surface area contributed by atoms with Crippen LogP contribution in [-0.2, 0) is 11.3 Å². The highest BCUT2D eigenvalue weighted by Crippen LogP contribution is 2.26. The maximum atomic E-state index is 14.6. The zero-order chi connectivity index (χ0) is 19.0. The van der Waals surface area contributed by atoms with E-state index < -0.39 is 11.9 Å². The number of hydrogen-bond donors (Lipinski definition) is 1. The lowest BCUT2D eigenvalue weighted by Gasteiger charge is -2.14. The number of aromatic nitrogens is 5. The van der Waals surface area contributed by atoms with Crippen molar-refractivity contribution in [2.24, 2.45) is 0 Å². The Morgan fingerprint density at radius 3 is 2.89 bits per heavy atom. The summed E-state index contributed by atoms with van der Waals surface area (Å²) < 4.78 is 23.0. The molecule has 0 unspecified atom stereocenters. The van der Waals surface area contributed by atoms with Gasteiger partial charge in [-0.1, -0.05) is 5.21 Å². The molecule has 1 amide bonds. The van der Waals surface area contributed by atoms with Gasteiger partial charge < -0.3 is 10.1 Å². The number of benzene rings is 1. The lowest BCUT2D eigenvalue weighted by Crippen LogP contribution is -2.26. The van der Waals surface area contributed by atoms with E-state index >= 15 is 0 Å². The number of hydrogen-bond acceptors (Lipinski definition) is 6. The van der Waals surface area contributed by atoms with Gasteiger partial charge in [-0.25, -0.2) is 18.5 Å². The number of carbonyl (C=O) groups is 1. The van der Waals surface area contributed by atoms with Gasteiger partial charge in [-0.3, -0.25) is 4.90 Å². The van der Waals surface area contributed by atoms with E-state index in [2.05, 4.69) is 20.7 Å². The first-order chi connectivity index (χ1) is 13.0. The van der Waals surface area contributed by atoms with Crippen molar-refractivity contribution < 1.29 is 13.9 Å². The Morgan fingerprint density at radius 1 is 1.37 bits per heavy atom. The third kappa shape index (κ3) is 3.33. The number of ether oxygens (including phenoxy) is 1. The lowest BCUT2D eigenvalue weighted by atomic mass is 10.2. The van der Waals surface area contributed by atoms with E-state index in [1.165, 1.54) is 15.6 Å². The van der Waals surface area contributed by atoms with Gasteiger partial charge in [-0.05, 0) is 25.1 Å². The second-order valence-electron chi connectivity index (χ2n) is 6.26. The van der Waals surface area contributed by atoms with Crippen LogP contribution in [0.25, 0.3) is 5.69 Å². The normalized spacial score (nSPS) is 16.6. The number of nitrogens with zero attached hydrogens (tertiary/aromatic N) is 6. The molecule has 9 nitrogen and oxygen atoms in total. The molecular formula is C17H18FN7O2. The van der Waals surface area contributed by atoms with Crippen LogP contribution in [0.15, 0.2) is 36.8 Å². The predicted octanol–water partition coefficient (Wildman–Crippen LogP) is 1.98. The number of nitrogens with one attached hydrogen (secondary N) is 1. The highest BCUT2D eigenvalue weighted by molar-refractivity contribution is 5.89. The molecule has 1 fully saturated rings. The van der Waals surface area contributed by atoms with Crippen LogP contribution in [0.1, 0.15) is 5.69 Å². The molecule has 27 heavy (non-hydrogen) atoms. The summed E-state index contributed by atoms with van der Waals surface area (Å²) in [5.74, 6) is -0.485. The molecule has 3 heterocycles. The van der Waals surface area contributed by atoms with E-state index in [1.54, 1.807) is 42.5 Å². The van der Waals surface area contributed by atoms with Crippen molar-refractivity contribution in [1.29, 1.82) is 0 Å². The molecular weight excluding hydrogens is 353 g/mol. The molecule has 3 aromatic rings. The Labute approximate surface area is 154 Å². The minimum atomic E-state index is -0.513. The number of halogens is 1. The van der Waals surface area contributed by atoms with Gasteiger partial charge in [0.1, 0.15) is 11.8 Å². The second kappa shape index (κ2) is 6.71. The Morgan fingerprint density at radius 2 is 2.22 bits per heavy atom. The van der Waals surface area contributed by atoms with Gasteiger partial charge in [0.25, 0.3) is 0 Å². The molecule has 1 aliphatic heterocycles. The average Bonchev–Trinajstić information content (AvgIpc) is 3.35. The predicted molar refractivity (Wildman–Crippen MR) is 95.4 cm³/mol. The number of anilines is 2. The minimum absolute atomic E-state index is 0.294. The van der Waals surface area contributed by atoms with Crippen LogP contribution in [0.3, 0.4) is 0 Å². The number of cyclic esters (lactones) is 1. The summed E-state index contributed by atoms with van der Waals surface area (Å²) in [4.78, 5) is 13.6. The largest absolute Gasteiger partial charge is 0.442 e. The molecule has 0 aliphatic carbocycles. The van der Waals surface area contributed by atoms with Crippen molar-refractivity contribution in [1.82, 2.24) is 24.8 Å². The Kier molecular flexibility index (Phi) is 4.22. The first-order valence-corrected chi connectivity index (χ1v) is 8.40. The first-order valence-electron chi connectivity index (χ1n) is 8.40. The zero-order valence-corrected chi connectivity index (χ0v) is 14.8. The van der Waals surface area contributed by atoms with Crippen LogP contribution in [-0.4, -0.2) is 50.6 Å². The van der Waals surface area contributed by atoms with Gasteiger partial charge in [0.05, 0.1) is 42.6 Å². The number of rotatable bonds is 5. The van der Waals surface area contributed by atoms with E-state index in [4.69, 9.17) is 4.74 Å². The fraction of sp³-hybridized carbons (Fsp3) is 0.294. The van der Waals surface area contributed by atoms with Gasteiger partial charge in [-0.2, -0.15) is 5.10 Å². The smallest absolute Gasteiger partial charge is 0.414 e. The van der Waals surface area contributed by atoms with Crippen molar-refractivity contribution in [3.05, 3.63) is 48.3 Å². The minimum Gasteiger partial charge on any atom is -0.442 e. The second-order valence-corrected chi connectivity index (χ2v) is 6.26. The Hall–Kier alpha value is -3.43. The van der Waals surface area contributed by atoms with Gasteiger partial charge >= 0.3 is 6.09 Å². The van der Waals surface area contributed by atoms with E-state index in [1.807, 2.05) is 6.92 Å². The van der Waals surface area contributed by atoms with Gasteiger partial charge in [0.2, 0.25) is 0 Å². The molecule has 1 aromatic carbocycles. The van der Waals surface area contributed by atoms with E-state index in [9.17, 15) is 9.18 Å². The topological polar surface area (TPSA) is 90.1 Å². The first kappa shape index (κ1) is 17.0. The van der Waals surface area contributed by atoms with E-state index in [-0.39, 0.29) is 6.10 Å². The van der Waals surface area contributed by atoms with E-state index in [0.29, 0.717) is 24.5 Å². The zero-order valence-electron chi connectivity index (χ0n) is 14.8. The van der Waals surface area contributed by atoms with Gasteiger partial charge in [0, 0.05) is 13.2 Å². The van der Waals surface area contributed by atoms with Crippen LogP contribution >= 0.6 is 0 Å². The van der Waals surface area contributed by atoms with Crippen molar-refractivity contribution in [3.63, 3.8) is 0 Å². The maximum absolute atomic E-state index is 14.6. The molecule has 0 radical (unpaired) electrons. The van der Waals surface area contributed by atoms with Crippen LogP contribution in [0.4, 0.5) is 20.6 Å². The van der Waals surface area contributed by atoms with Crippen LogP contribution in [0.5, 0.6) is 0 Å². The molecule has 0 bridgehead atoms. The third-order valence-electron chi connectivity index (χ3n) is 4.28. The maximum Gasteiger partial charge on any atom is 0.414 e. The number of carbonyl (C=O) groups excluding carboxylic acids is 1. The van der Waals surface area contributed by atoms with Crippen molar-refractivity contribution in [3.8, 4) is 5.69 Å². The summed E-state index contributed by atoms with van der Waals surface area (Å²) in [7, 11) is 1.76. The molecule has 140 valence electrons. The summed E-state index contributed by atoms with van der Waals surface area (Å²) in [6, 6.07) is 4.56. The SMILES string of the molecule is CNc1cnn(-c2ccc(N3C[C@H](Cn4cc(C)nn4)OC3=O)cc2F)c1. The molecule has 1 atom stereocenters. The van der Waals surface area contributed by atoms with Crippen molar-refractivity contribution in [2.75, 3.05) is 23.8 Å². The number of aryl methyl sites for hydroxylation is 1. The fourth-order valence-electron chi connectivity index (χ4n) is 2.95. The quantitative estimate of drug-likeness (QED) is 0.738. The van der Waals surface area contributed by atoms with Gasteiger partial charge in [-0.15, -0.1) is 5.10 Å². The Bertz CT molecular complexity index is 983. The van der Waals surface area contributed by atoms with Crippen LogP contribution < -0.4 is 10.2 Å². The lowest BCUT2D eigenvalue weighted by molar-refractivity contribution is 0.129. The summed E-state index contributed by atoms with van der Waals surface area (Å²) in [6.07, 6.45) is 4.15.